The molecule has 0 fully saturated rings. The van der Waals surface area contributed by atoms with Gasteiger partial charge in [0.25, 0.3) is 0 Å². The van der Waals surface area contributed by atoms with Gasteiger partial charge in [-0.15, -0.1) is 20.4 Å². The van der Waals surface area contributed by atoms with Gasteiger partial charge in [0.2, 0.25) is 11.8 Å². The number of rotatable bonds is 7. The van der Waals surface area contributed by atoms with Gasteiger partial charge in [-0.1, -0.05) is 29.0 Å². The minimum Gasteiger partial charge on any atom is -0.416 e. The molecular formula is C29H23N7OS. The Labute approximate surface area is 223 Å². The summed E-state index contributed by atoms with van der Waals surface area (Å²) in [5.41, 5.74) is 19.7. The highest BCUT2D eigenvalue weighted by Crippen LogP contribution is 2.31. The fraction of sp³-hybridized carbons (Fsp3) is 0.0345. The third-order valence-electron chi connectivity index (χ3n) is 5.92. The third kappa shape index (κ3) is 5.09. The van der Waals surface area contributed by atoms with Gasteiger partial charge < -0.3 is 21.0 Å². The van der Waals surface area contributed by atoms with Crippen molar-refractivity contribution in [3.8, 4) is 44.1 Å². The van der Waals surface area contributed by atoms with Crippen molar-refractivity contribution in [2.75, 3.05) is 16.6 Å². The fourth-order valence-electron chi connectivity index (χ4n) is 3.77. The van der Waals surface area contributed by atoms with Crippen LogP contribution in [0.2, 0.25) is 0 Å². The number of nitrogens with one attached hydrogen (secondary N) is 2. The van der Waals surface area contributed by atoms with Gasteiger partial charge in [0.1, 0.15) is 10.0 Å². The molecule has 0 saturated heterocycles. The lowest BCUT2D eigenvalue weighted by Crippen LogP contribution is -2.08. The normalized spacial score (nSPS) is 10.9. The highest BCUT2D eigenvalue weighted by Gasteiger charge is 2.11. The fourth-order valence-corrected chi connectivity index (χ4v) is 4.63. The highest BCUT2D eigenvalue weighted by atomic mass is 32.1. The van der Waals surface area contributed by atoms with E-state index in [0.29, 0.717) is 11.8 Å². The topological polar surface area (TPSA) is 115 Å². The average Bonchev–Trinajstić information content (AvgIpc) is 3.65. The molecule has 0 amide bonds. The van der Waals surface area contributed by atoms with E-state index in [4.69, 9.17) is 10.2 Å². The molecule has 8 nitrogen and oxygen atoms in total. The monoisotopic (exact) mass is 517 g/mol. The van der Waals surface area contributed by atoms with Crippen LogP contribution in [0.5, 0.6) is 0 Å². The van der Waals surface area contributed by atoms with Gasteiger partial charge in [-0.2, -0.15) is 0 Å². The van der Waals surface area contributed by atoms with Gasteiger partial charge in [-0.3, -0.25) is 0 Å². The molecule has 6 aromatic rings. The SMILES string of the molecule is Cc1ccc(-c2nnc(-c3ccc(NNc4ccc(-c5nnc(-c6ccc(N)cc6)s5)cc4)cc3)o2)cc1. The molecule has 0 aliphatic rings. The van der Waals surface area contributed by atoms with Crippen LogP contribution in [-0.2, 0) is 0 Å². The Morgan fingerprint density at radius 2 is 0.974 bits per heavy atom. The van der Waals surface area contributed by atoms with Crippen molar-refractivity contribution in [3.05, 3.63) is 103 Å². The number of aromatic nitrogens is 4. The van der Waals surface area contributed by atoms with Crippen molar-refractivity contribution >= 4 is 28.4 Å². The van der Waals surface area contributed by atoms with Gasteiger partial charge in [0.05, 0.1) is 11.4 Å². The molecule has 4 N–H and O–H groups in total. The van der Waals surface area contributed by atoms with Crippen molar-refractivity contribution in [2.45, 2.75) is 6.92 Å². The van der Waals surface area contributed by atoms with E-state index < -0.39 is 0 Å². The lowest BCUT2D eigenvalue weighted by molar-refractivity contribution is 0.584. The van der Waals surface area contributed by atoms with E-state index in [9.17, 15) is 0 Å². The first-order valence-electron chi connectivity index (χ1n) is 11.9. The maximum absolute atomic E-state index is 5.87. The maximum Gasteiger partial charge on any atom is 0.248 e. The number of nitrogen functional groups attached to an aromatic ring is 1. The molecule has 0 aliphatic carbocycles. The predicted molar refractivity (Wildman–Crippen MR) is 152 cm³/mol. The molecule has 2 aromatic heterocycles. The van der Waals surface area contributed by atoms with E-state index in [-0.39, 0.29) is 0 Å². The molecule has 6 rings (SSSR count). The minimum absolute atomic E-state index is 0.479. The van der Waals surface area contributed by atoms with Crippen LogP contribution in [0.15, 0.2) is 101 Å². The molecule has 0 atom stereocenters. The molecule has 4 aromatic carbocycles. The Morgan fingerprint density at radius 1 is 0.553 bits per heavy atom. The summed E-state index contributed by atoms with van der Waals surface area (Å²) in [5.74, 6) is 0.981. The van der Waals surface area contributed by atoms with Crippen LogP contribution in [0.4, 0.5) is 17.1 Å². The second kappa shape index (κ2) is 10.2. The molecule has 0 spiro atoms. The van der Waals surface area contributed by atoms with Gasteiger partial charge in [0.15, 0.2) is 0 Å². The van der Waals surface area contributed by atoms with Crippen molar-refractivity contribution in [1.29, 1.82) is 0 Å². The molecule has 38 heavy (non-hydrogen) atoms. The van der Waals surface area contributed by atoms with Crippen LogP contribution < -0.4 is 16.6 Å². The summed E-state index contributed by atoms with van der Waals surface area (Å²) in [7, 11) is 0. The van der Waals surface area contributed by atoms with E-state index in [2.05, 4.69) is 31.2 Å². The summed E-state index contributed by atoms with van der Waals surface area (Å²) >= 11 is 1.54. The van der Waals surface area contributed by atoms with Gasteiger partial charge in [-0.05, 0) is 91.9 Å². The number of hydrogen-bond donors (Lipinski definition) is 3. The van der Waals surface area contributed by atoms with Crippen LogP contribution >= 0.6 is 11.3 Å². The number of benzene rings is 4. The first-order chi connectivity index (χ1) is 18.6. The summed E-state index contributed by atoms with van der Waals surface area (Å²) in [4.78, 5) is 0. The Morgan fingerprint density at radius 3 is 1.47 bits per heavy atom. The van der Waals surface area contributed by atoms with Crippen molar-refractivity contribution in [2.24, 2.45) is 0 Å². The quantitative estimate of drug-likeness (QED) is 0.154. The first kappa shape index (κ1) is 23.4. The average molecular weight is 518 g/mol. The number of anilines is 3. The summed E-state index contributed by atoms with van der Waals surface area (Å²) in [6.07, 6.45) is 0. The smallest absolute Gasteiger partial charge is 0.248 e. The number of nitrogens with zero attached hydrogens (tertiary/aromatic N) is 4. The molecule has 0 radical (unpaired) electrons. The van der Waals surface area contributed by atoms with E-state index in [0.717, 1.165) is 49.3 Å². The number of hydrogen-bond acceptors (Lipinski definition) is 9. The Hall–Kier alpha value is -5.02. The van der Waals surface area contributed by atoms with Crippen LogP contribution in [0.1, 0.15) is 5.56 Å². The van der Waals surface area contributed by atoms with E-state index in [1.165, 1.54) is 5.56 Å². The van der Waals surface area contributed by atoms with Gasteiger partial charge in [0, 0.05) is 27.9 Å². The standard InChI is InChI=1S/C29H23N7OS/c1-18-2-4-19(5-3-18)26-33-34-27(37-26)20-8-14-24(15-9-20)31-32-25-16-10-22(11-17-25)29-36-35-28(38-29)21-6-12-23(30)13-7-21/h2-17,31-32H,30H2,1H3. The zero-order valence-electron chi connectivity index (χ0n) is 20.4. The Kier molecular flexibility index (Phi) is 6.25. The largest absolute Gasteiger partial charge is 0.416 e. The Bertz CT molecular complexity index is 1530. The van der Waals surface area contributed by atoms with Crippen molar-refractivity contribution in [1.82, 2.24) is 20.4 Å². The molecule has 2 heterocycles. The lowest BCUT2D eigenvalue weighted by atomic mass is 10.1. The zero-order valence-corrected chi connectivity index (χ0v) is 21.2. The summed E-state index contributed by atoms with van der Waals surface area (Å²) in [5, 5.41) is 18.8. The maximum atomic E-state index is 5.87. The molecular weight excluding hydrogens is 494 g/mol. The molecule has 0 saturated carbocycles. The molecule has 0 bridgehead atoms. The van der Waals surface area contributed by atoms with Gasteiger partial charge >= 0.3 is 0 Å². The van der Waals surface area contributed by atoms with Crippen LogP contribution in [0.25, 0.3) is 44.1 Å². The van der Waals surface area contributed by atoms with E-state index in [1.807, 2.05) is 104 Å². The zero-order chi connectivity index (χ0) is 25.9. The highest BCUT2D eigenvalue weighted by molar-refractivity contribution is 7.17. The molecule has 0 unspecified atom stereocenters. The van der Waals surface area contributed by atoms with Gasteiger partial charge in [-0.25, -0.2) is 0 Å². The van der Waals surface area contributed by atoms with E-state index in [1.54, 1.807) is 11.3 Å². The van der Waals surface area contributed by atoms with Crippen molar-refractivity contribution < 1.29 is 4.42 Å². The molecule has 9 heteroatoms. The van der Waals surface area contributed by atoms with E-state index >= 15 is 0 Å². The Balaban J connectivity index is 1.07. The van der Waals surface area contributed by atoms with Crippen molar-refractivity contribution in [3.63, 3.8) is 0 Å². The minimum atomic E-state index is 0.479. The number of nitrogens with two attached hydrogens (primary N) is 1. The lowest BCUT2D eigenvalue weighted by Gasteiger charge is -2.10. The number of hydrazine groups is 1. The first-order valence-corrected chi connectivity index (χ1v) is 12.8. The molecule has 186 valence electrons. The summed E-state index contributed by atoms with van der Waals surface area (Å²) < 4.78 is 5.87. The number of aryl methyl sites for hydroxylation is 1. The summed E-state index contributed by atoms with van der Waals surface area (Å²) in [6, 6.07) is 31.4. The third-order valence-corrected chi connectivity index (χ3v) is 6.94. The van der Waals surface area contributed by atoms with Crippen LogP contribution in [0.3, 0.4) is 0 Å². The molecule has 0 aliphatic heterocycles. The summed E-state index contributed by atoms with van der Waals surface area (Å²) in [6.45, 7) is 2.04. The van der Waals surface area contributed by atoms with Crippen LogP contribution in [-0.4, -0.2) is 20.4 Å². The second-order valence-corrected chi connectivity index (χ2v) is 9.69. The predicted octanol–water partition coefficient (Wildman–Crippen LogP) is 6.92. The second-order valence-electron chi connectivity index (χ2n) is 8.72. The van der Waals surface area contributed by atoms with Crippen LogP contribution in [0, 0.1) is 6.92 Å².